The number of nitrogens with one attached hydrogen (secondary N) is 1. The zero-order valence-electron chi connectivity index (χ0n) is 12.9. The minimum Gasteiger partial charge on any atom is -0.377 e. The molecular weight excluding hydrogens is 236 g/mol. The summed E-state index contributed by atoms with van der Waals surface area (Å²) < 4.78 is 5.85. The van der Waals surface area contributed by atoms with Crippen LogP contribution in [0, 0.1) is 5.92 Å². The number of likely N-dealkylation sites (N-methyl/N-ethyl adjacent to an activating group) is 2. The predicted molar refractivity (Wildman–Crippen MR) is 80.5 cm³/mol. The Morgan fingerprint density at radius 1 is 1.16 bits per heavy atom. The third-order valence-corrected chi connectivity index (χ3v) is 4.73. The molecule has 0 radical (unpaired) electrons. The van der Waals surface area contributed by atoms with Gasteiger partial charge < -0.3 is 15.0 Å². The van der Waals surface area contributed by atoms with Crippen LogP contribution in [0.1, 0.15) is 51.9 Å². The topological polar surface area (TPSA) is 24.5 Å². The second-order valence-corrected chi connectivity index (χ2v) is 6.42. The lowest BCUT2D eigenvalue weighted by atomic mass is 9.97. The molecule has 1 heterocycles. The molecule has 2 rings (SSSR count). The summed E-state index contributed by atoms with van der Waals surface area (Å²) in [4.78, 5) is 2.49. The van der Waals surface area contributed by atoms with E-state index in [1.54, 1.807) is 0 Å². The van der Waals surface area contributed by atoms with Gasteiger partial charge in [0.1, 0.15) is 0 Å². The standard InChI is InChI=1S/C16H32N2O/c1-3-17-16(14-8-4-5-9-14)13-18(2)12-15-10-6-7-11-19-15/h14-17H,3-13H2,1-2H3. The van der Waals surface area contributed by atoms with Crippen LogP contribution in [-0.4, -0.2) is 50.3 Å². The SMILES string of the molecule is CCNC(CN(C)CC1CCCCO1)C1CCCC1. The molecule has 1 aliphatic heterocycles. The van der Waals surface area contributed by atoms with E-state index in [0.717, 1.165) is 25.6 Å². The van der Waals surface area contributed by atoms with Crippen molar-refractivity contribution in [3.8, 4) is 0 Å². The molecule has 0 amide bonds. The van der Waals surface area contributed by atoms with E-state index >= 15 is 0 Å². The lowest BCUT2D eigenvalue weighted by Gasteiger charge is -2.32. The molecule has 2 aliphatic rings. The van der Waals surface area contributed by atoms with E-state index < -0.39 is 0 Å². The van der Waals surface area contributed by atoms with E-state index in [1.165, 1.54) is 51.5 Å². The Labute approximate surface area is 119 Å². The summed E-state index contributed by atoms with van der Waals surface area (Å²) >= 11 is 0. The molecule has 2 fully saturated rings. The van der Waals surface area contributed by atoms with E-state index in [0.29, 0.717) is 12.1 Å². The van der Waals surface area contributed by atoms with Gasteiger partial charge in [0, 0.05) is 25.7 Å². The first-order valence-corrected chi connectivity index (χ1v) is 8.33. The molecule has 19 heavy (non-hydrogen) atoms. The highest BCUT2D eigenvalue weighted by atomic mass is 16.5. The second-order valence-electron chi connectivity index (χ2n) is 6.42. The van der Waals surface area contributed by atoms with Gasteiger partial charge in [0.15, 0.2) is 0 Å². The van der Waals surface area contributed by atoms with Gasteiger partial charge in [-0.05, 0) is 51.6 Å². The van der Waals surface area contributed by atoms with Crippen LogP contribution in [0.3, 0.4) is 0 Å². The van der Waals surface area contributed by atoms with Gasteiger partial charge in [-0.2, -0.15) is 0 Å². The van der Waals surface area contributed by atoms with Crippen molar-refractivity contribution in [3.05, 3.63) is 0 Å². The molecule has 1 saturated carbocycles. The Bertz CT molecular complexity index is 235. The van der Waals surface area contributed by atoms with E-state index in [-0.39, 0.29) is 0 Å². The van der Waals surface area contributed by atoms with Crippen molar-refractivity contribution in [2.45, 2.75) is 64.0 Å². The summed E-state index contributed by atoms with van der Waals surface area (Å²) in [5.74, 6) is 0.898. The Morgan fingerprint density at radius 3 is 2.53 bits per heavy atom. The zero-order chi connectivity index (χ0) is 13.5. The molecule has 0 aromatic carbocycles. The van der Waals surface area contributed by atoms with Gasteiger partial charge in [-0.25, -0.2) is 0 Å². The van der Waals surface area contributed by atoms with Gasteiger partial charge in [-0.3, -0.25) is 0 Å². The summed E-state index contributed by atoms with van der Waals surface area (Å²) in [6.45, 7) is 6.58. The molecule has 1 saturated heterocycles. The van der Waals surface area contributed by atoms with Crippen LogP contribution in [0.2, 0.25) is 0 Å². The number of hydrogen-bond donors (Lipinski definition) is 1. The maximum Gasteiger partial charge on any atom is 0.0701 e. The van der Waals surface area contributed by atoms with Gasteiger partial charge in [-0.15, -0.1) is 0 Å². The predicted octanol–water partition coefficient (Wildman–Crippen LogP) is 2.66. The number of hydrogen-bond acceptors (Lipinski definition) is 3. The number of rotatable bonds is 7. The third-order valence-electron chi connectivity index (χ3n) is 4.73. The van der Waals surface area contributed by atoms with Crippen LogP contribution in [0.15, 0.2) is 0 Å². The first-order valence-electron chi connectivity index (χ1n) is 8.33. The van der Waals surface area contributed by atoms with Crippen molar-refractivity contribution >= 4 is 0 Å². The lowest BCUT2D eigenvalue weighted by molar-refractivity contribution is -0.00345. The fourth-order valence-electron chi connectivity index (χ4n) is 3.71. The van der Waals surface area contributed by atoms with E-state index in [9.17, 15) is 0 Å². The van der Waals surface area contributed by atoms with E-state index in [1.807, 2.05) is 0 Å². The average Bonchev–Trinajstić information content (AvgIpc) is 2.93. The third kappa shape index (κ3) is 5.05. The van der Waals surface area contributed by atoms with Crippen molar-refractivity contribution in [2.24, 2.45) is 5.92 Å². The van der Waals surface area contributed by atoms with E-state index in [4.69, 9.17) is 4.74 Å². The highest BCUT2D eigenvalue weighted by Crippen LogP contribution is 2.28. The molecule has 0 bridgehead atoms. The Balaban J connectivity index is 1.74. The molecule has 112 valence electrons. The van der Waals surface area contributed by atoms with Gasteiger partial charge >= 0.3 is 0 Å². The van der Waals surface area contributed by atoms with Crippen molar-refractivity contribution < 1.29 is 4.74 Å². The number of nitrogens with zero attached hydrogens (tertiary/aromatic N) is 1. The van der Waals surface area contributed by atoms with Crippen molar-refractivity contribution in [2.75, 3.05) is 33.3 Å². The quantitative estimate of drug-likeness (QED) is 0.768. The normalized spacial score (nSPS) is 27.0. The Hall–Kier alpha value is -0.120. The first-order chi connectivity index (χ1) is 9.29. The minimum atomic E-state index is 0.476. The fraction of sp³-hybridized carbons (Fsp3) is 1.00. The molecule has 0 aromatic rings. The molecule has 3 nitrogen and oxygen atoms in total. The Kier molecular flexibility index (Phi) is 6.62. The summed E-state index contributed by atoms with van der Waals surface area (Å²) in [6, 6.07) is 0.682. The summed E-state index contributed by atoms with van der Waals surface area (Å²) in [6.07, 6.45) is 10.0. The maximum absolute atomic E-state index is 5.85. The van der Waals surface area contributed by atoms with Crippen LogP contribution in [0.4, 0.5) is 0 Å². The molecule has 3 heteroatoms. The van der Waals surface area contributed by atoms with Crippen molar-refractivity contribution in [3.63, 3.8) is 0 Å². The molecule has 2 unspecified atom stereocenters. The fourth-order valence-corrected chi connectivity index (χ4v) is 3.71. The molecule has 1 aliphatic carbocycles. The Morgan fingerprint density at radius 2 is 1.89 bits per heavy atom. The first kappa shape index (κ1) is 15.3. The summed E-state index contributed by atoms with van der Waals surface area (Å²) in [7, 11) is 2.26. The van der Waals surface area contributed by atoms with Crippen LogP contribution in [0.25, 0.3) is 0 Å². The molecule has 1 N–H and O–H groups in total. The average molecular weight is 268 g/mol. The summed E-state index contributed by atoms with van der Waals surface area (Å²) in [5.41, 5.74) is 0. The maximum atomic E-state index is 5.85. The monoisotopic (exact) mass is 268 g/mol. The van der Waals surface area contributed by atoms with E-state index in [2.05, 4.69) is 24.2 Å². The second kappa shape index (κ2) is 8.23. The molecule has 2 atom stereocenters. The van der Waals surface area contributed by atoms with Crippen LogP contribution in [-0.2, 0) is 4.74 Å². The highest BCUT2D eigenvalue weighted by molar-refractivity contribution is 4.83. The van der Waals surface area contributed by atoms with Crippen LogP contribution >= 0.6 is 0 Å². The molecular formula is C16H32N2O. The van der Waals surface area contributed by atoms with Gasteiger partial charge in [0.2, 0.25) is 0 Å². The van der Waals surface area contributed by atoms with Crippen LogP contribution < -0.4 is 5.32 Å². The highest BCUT2D eigenvalue weighted by Gasteiger charge is 2.26. The number of ether oxygens (including phenoxy) is 1. The van der Waals surface area contributed by atoms with Crippen LogP contribution in [0.5, 0.6) is 0 Å². The van der Waals surface area contributed by atoms with Crippen molar-refractivity contribution in [1.82, 2.24) is 10.2 Å². The van der Waals surface area contributed by atoms with Gasteiger partial charge in [-0.1, -0.05) is 19.8 Å². The molecule has 0 spiro atoms. The van der Waals surface area contributed by atoms with Gasteiger partial charge in [0.05, 0.1) is 6.10 Å². The lowest BCUT2D eigenvalue weighted by Crippen LogP contribution is -2.46. The summed E-state index contributed by atoms with van der Waals surface area (Å²) in [5, 5.41) is 3.71. The largest absolute Gasteiger partial charge is 0.377 e. The van der Waals surface area contributed by atoms with Crippen molar-refractivity contribution in [1.29, 1.82) is 0 Å². The molecule has 0 aromatic heterocycles. The smallest absolute Gasteiger partial charge is 0.0701 e. The minimum absolute atomic E-state index is 0.476. The zero-order valence-corrected chi connectivity index (χ0v) is 12.9. The van der Waals surface area contributed by atoms with Gasteiger partial charge in [0.25, 0.3) is 0 Å².